The molecule has 5 nitrogen and oxygen atoms in total. The Morgan fingerprint density at radius 2 is 1.82 bits per heavy atom. The highest BCUT2D eigenvalue weighted by molar-refractivity contribution is 5.80. The van der Waals surface area contributed by atoms with Gasteiger partial charge in [-0.2, -0.15) is 0 Å². The fraction of sp³-hybridized carbons (Fsp3) is 0.321. The van der Waals surface area contributed by atoms with Crippen LogP contribution in [-0.2, 0) is 29.1 Å². The summed E-state index contributed by atoms with van der Waals surface area (Å²) in [5.74, 6) is -0.325. The maximum atomic E-state index is 13.0. The van der Waals surface area contributed by atoms with Crippen molar-refractivity contribution in [3.8, 4) is 0 Å². The second-order valence-corrected chi connectivity index (χ2v) is 8.50. The number of hydrogen-bond donors (Lipinski definition) is 0. The van der Waals surface area contributed by atoms with Crippen LogP contribution in [0.1, 0.15) is 59.6 Å². The molecule has 0 saturated heterocycles. The first-order valence-corrected chi connectivity index (χ1v) is 11.6. The van der Waals surface area contributed by atoms with Crippen molar-refractivity contribution in [1.82, 2.24) is 15.0 Å². The molecule has 4 rings (SSSR count). The molecule has 0 N–H and O–H groups in total. The van der Waals surface area contributed by atoms with Crippen molar-refractivity contribution in [1.29, 1.82) is 0 Å². The highest BCUT2D eigenvalue weighted by atomic mass is 16.5. The number of aromatic nitrogens is 3. The minimum absolute atomic E-state index is 0.115. The number of carbonyl (C=O) groups excluding carboxylic acids is 1. The lowest BCUT2D eigenvalue weighted by atomic mass is 9.84. The molecule has 170 valence electrons. The normalized spacial score (nSPS) is 12.1. The highest BCUT2D eigenvalue weighted by Gasteiger charge is 2.23. The zero-order chi connectivity index (χ0) is 23.4. The number of rotatable bonds is 8. The van der Waals surface area contributed by atoms with E-state index in [2.05, 4.69) is 68.3 Å². The third-order valence-corrected chi connectivity index (χ3v) is 6.43. The van der Waals surface area contributed by atoms with E-state index in [-0.39, 0.29) is 24.9 Å². The molecule has 4 aromatic rings. The lowest BCUT2D eigenvalue weighted by Crippen LogP contribution is -2.13. The fourth-order valence-corrected chi connectivity index (χ4v) is 4.45. The molecule has 0 spiro atoms. The van der Waals surface area contributed by atoms with Crippen molar-refractivity contribution in [3.63, 3.8) is 0 Å². The standard InChI is InChI=1S/C28H31N3O2/c1-5-22-16-23(13-12-19(22)3)25(17-27(32)33-18-21-10-8-7-9-11-21)24-14-15-26-28(20(24)4)29-30-31(26)6-2/h7-16,25H,5-6,17-18H2,1-4H3/t25-/m0/s1. The van der Waals surface area contributed by atoms with Crippen LogP contribution in [0, 0.1) is 13.8 Å². The summed E-state index contributed by atoms with van der Waals surface area (Å²) in [6.07, 6.45) is 1.22. The van der Waals surface area contributed by atoms with Gasteiger partial charge in [-0.05, 0) is 66.6 Å². The van der Waals surface area contributed by atoms with E-state index in [9.17, 15) is 4.79 Å². The first-order valence-electron chi connectivity index (χ1n) is 11.6. The first kappa shape index (κ1) is 22.7. The fourth-order valence-electron chi connectivity index (χ4n) is 4.45. The van der Waals surface area contributed by atoms with E-state index in [1.54, 1.807) is 0 Å². The Kier molecular flexibility index (Phi) is 6.87. The number of benzene rings is 3. The third kappa shape index (κ3) is 4.82. The lowest BCUT2D eigenvalue weighted by molar-refractivity contribution is -0.145. The summed E-state index contributed by atoms with van der Waals surface area (Å²) in [4.78, 5) is 13.0. The van der Waals surface area contributed by atoms with E-state index in [0.29, 0.717) is 0 Å². The van der Waals surface area contributed by atoms with Crippen LogP contribution in [0.25, 0.3) is 11.0 Å². The summed E-state index contributed by atoms with van der Waals surface area (Å²) in [6, 6.07) is 20.5. The van der Waals surface area contributed by atoms with Crippen LogP contribution in [0.3, 0.4) is 0 Å². The first-order chi connectivity index (χ1) is 16.0. The average molecular weight is 442 g/mol. The second kappa shape index (κ2) is 9.99. The SMILES string of the molecule is CCc1cc([C@H](CC(=O)OCc2ccccc2)c2ccc3c(nnn3CC)c2C)ccc1C. The number of carbonyl (C=O) groups is 1. The Bertz CT molecular complexity index is 1260. The van der Waals surface area contributed by atoms with E-state index in [1.165, 1.54) is 11.1 Å². The van der Waals surface area contributed by atoms with Gasteiger partial charge in [-0.15, -0.1) is 5.10 Å². The summed E-state index contributed by atoms with van der Waals surface area (Å²) in [7, 11) is 0. The Balaban J connectivity index is 1.69. The van der Waals surface area contributed by atoms with Gasteiger partial charge in [-0.1, -0.05) is 66.7 Å². The van der Waals surface area contributed by atoms with Gasteiger partial charge in [-0.25, -0.2) is 4.68 Å². The quantitative estimate of drug-likeness (QED) is 0.320. The van der Waals surface area contributed by atoms with Crippen LogP contribution in [0.4, 0.5) is 0 Å². The van der Waals surface area contributed by atoms with Crippen molar-refractivity contribution in [2.75, 3.05) is 0 Å². The van der Waals surface area contributed by atoms with E-state index in [0.717, 1.165) is 46.3 Å². The Morgan fingerprint density at radius 3 is 2.55 bits per heavy atom. The zero-order valence-electron chi connectivity index (χ0n) is 19.8. The van der Waals surface area contributed by atoms with Gasteiger partial charge in [0.25, 0.3) is 0 Å². The Hall–Kier alpha value is -3.47. The Morgan fingerprint density at radius 1 is 1.03 bits per heavy atom. The topological polar surface area (TPSA) is 57.0 Å². The average Bonchev–Trinajstić information content (AvgIpc) is 3.27. The number of fused-ring (bicyclic) bond motifs is 1. The summed E-state index contributed by atoms with van der Waals surface area (Å²) in [6.45, 7) is 9.47. The molecule has 0 radical (unpaired) electrons. The molecule has 0 aliphatic carbocycles. The molecule has 1 atom stereocenters. The van der Waals surface area contributed by atoms with Gasteiger partial charge >= 0.3 is 5.97 Å². The van der Waals surface area contributed by atoms with Gasteiger partial charge in [0, 0.05) is 12.5 Å². The molecule has 0 bridgehead atoms. The predicted molar refractivity (Wildman–Crippen MR) is 131 cm³/mol. The predicted octanol–water partition coefficient (Wildman–Crippen LogP) is 5.90. The van der Waals surface area contributed by atoms with Crippen LogP contribution in [0.15, 0.2) is 60.7 Å². The van der Waals surface area contributed by atoms with E-state index in [4.69, 9.17) is 4.74 Å². The maximum absolute atomic E-state index is 13.0. The maximum Gasteiger partial charge on any atom is 0.307 e. The number of aryl methyl sites for hydroxylation is 4. The zero-order valence-corrected chi connectivity index (χ0v) is 19.8. The van der Waals surface area contributed by atoms with Crippen LogP contribution in [0.2, 0.25) is 0 Å². The molecule has 0 amide bonds. The van der Waals surface area contributed by atoms with Crippen molar-refractivity contribution in [2.24, 2.45) is 0 Å². The molecule has 0 saturated carbocycles. The van der Waals surface area contributed by atoms with Crippen molar-refractivity contribution < 1.29 is 9.53 Å². The van der Waals surface area contributed by atoms with Gasteiger partial charge in [-0.3, -0.25) is 4.79 Å². The molecule has 0 fully saturated rings. The van der Waals surface area contributed by atoms with Gasteiger partial charge in [0.05, 0.1) is 11.9 Å². The molecule has 0 unspecified atom stereocenters. The van der Waals surface area contributed by atoms with Crippen LogP contribution < -0.4 is 0 Å². The van der Waals surface area contributed by atoms with Crippen LogP contribution in [-0.4, -0.2) is 21.0 Å². The monoisotopic (exact) mass is 441 g/mol. The third-order valence-electron chi connectivity index (χ3n) is 6.43. The van der Waals surface area contributed by atoms with Crippen LogP contribution in [0.5, 0.6) is 0 Å². The summed E-state index contributed by atoms with van der Waals surface area (Å²) < 4.78 is 7.56. The highest BCUT2D eigenvalue weighted by Crippen LogP contribution is 2.34. The van der Waals surface area contributed by atoms with Crippen molar-refractivity contribution in [2.45, 2.75) is 59.6 Å². The van der Waals surface area contributed by atoms with Gasteiger partial charge in [0.15, 0.2) is 0 Å². The summed E-state index contributed by atoms with van der Waals surface area (Å²) >= 11 is 0. The van der Waals surface area contributed by atoms with E-state index in [1.807, 2.05) is 35.0 Å². The van der Waals surface area contributed by atoms with Crippen molar-refractivity contribution in [3.05, 3.63) is 94.0 Å². The molecule has 0 aliphatic heterocycles. The molecule has 33 heavy (non-hydrogen) atoms. The summed E-state index contributed by atoms with van der Waals surface area (Å²) in [5.41, 5.74) is 8.73. The van der Waals surface area contributed by atoms with Gasteiger partial charge < -0.3 is 4.74 Å². The Labute approximate surface area is 195 Å². The van der Waals surface area contributed by atoms with Gasteiger partial charge in [0.1, 0.15) is 12.1 Å². The second-order valence-electron chi connectivity index (χ2n) is 8.50. The van der Waals surface area contributed by atoms with Crippen molar-refractivity contribution >= 4 is 17.0 Å². The molecule has 3 aromatic carbocycles. The molecular formula is C28H31N3O2. The summed E-state index contributed by atoms with van der Waals surface area (Å²) in [5, 5.41) is 8.71. The number of nitrogens with zero attached hydrogens (tertiary/aromatic N) is 3. The van der Waals surface area contributed by atoms with E-state index < -0.39 is 0 Å². The number of hydrogen-bond acceptors (Lipinski definition) is 4. The molecule has 1 heterocycles. The van der Waals surface area contributed by atoms with E-state index >= 15 is 0 Å². The largest absolute Gasteiger partial charge is 0.461 e. The minimum atomic E-state index is -0.209. The molecule has 5 heteroatoms. The molecule has 0 aliphatic rings. The smallest absolute Gasteiger partial charge is 0.307 e. The number of ether oxygens (including phenoxy) is 1. The van der Waals surface area contributed by atoms with Crippen LogP contribution >= 0.6 is 0 Å². The molecule has 1 aromatic heterocycles. The molecular weight excluding hydrogens is 410 g/mol. The van der Waals surface area contributed by atoms with Gasteiger partial charge in [0.2, 0.25) is 0 Å². The minimum Gasteiger partial charge on any atom is -0.461 e. The lowest BCUT2D eigenvalue weighted by Gasteiger charge is -2.21. The number of esters is 1.